The summed E-state index contributed by atoms with van der Waals surface area (Å²) in [6.07, 6.45) is 3.21. The molecule has 0 spiro atoms. The van der Waals surface area contributed by atoms with Gasteiger partial charge >= 0.3 is 0 Å². The summed E-state index contributed by atoms with van der Waals surface area (Å²) >= 11 is 0. The van der Waals surface area contributed by atoms with Gasteiger partial charge in [0.05, 0.1) is 18.5 Å². The van der Waals surface area contributed by atoms with Crippen LogP contribution in [0.2, 0.25) is 0 Å². The molecule has 0 fully saturated rings. The molecule has 0 aliphatic heterocycles. The van der Waals surface area contributed by atoms with Crippen molar-refractivity contribution in [2.24, 2.45) is 5.10 Å². The van der Waals surface area contributed by atoms with Crippen molar-refractivity contribution < 1.29 is 9.47 Å². The second kappa shape index (κ2) is 10.4. The molecule has 156 valence electrons. The molecular formula is C23H21N5O3. The minimum Gasteiger partial charge on any atom is -0.490 e. The van der Waals surface area contributed by atoms with Crippen molar-refractivity contribution in [3.63, 3.8) is 0 Å². The van der Waals surface area contributed by atoms with Gasteiger partial charge in [-0.2, -0.15) is 10.4 Å². The standard InChI is InChI=1S/C23H21N5O3/c1-3-12-31-19-11-10-16(13-20(19)30-4-2)15-25-28-23-26-21(17-8-6-5-7-9-17)18(14-24)22(29)27-23/h3,5-11,13,15H,1,4,12H2,2H3,(H2,26,27,28,29). The van der Waals surface area contributed by atoms with E-state index in [1.54, 1.807) is 36.6 Å². The Balaban J connectivity index is 1.83. The van der Waals surface area contributed by atoms with Gasteiger partial charge in [-0.1, -0.05) is 43.0 Å². The Bertz CT molecular complexity index is 1180. The Morgan fingerprint density at radius 3 is 2.74 bits per heavy atom. The Morgan fingerprint density at radius 1 is 1.23 bits per heavy atom. The molecule has 0 unspecified atom stereocenters. The van der Waals surface area contributed by atoms with E-state index in [2.05, 4.69) is 27.1 Å². The van der Waals surface area contributed by atoms with Crippen LogP contribution in [0, 0.1) is 11.3 Å². The predicted molar refractivity (Wildman–Crippen MR) is 120 cm³/mol. The number of hydrogen-bond donors (Lipinski definition) is 2. The number of nitrogens with one attached hydrogen (secondary N) is 2. The van der Waals surface area contributed by atoms with Crippen molar-refractivity contribution >= 4 is 12.2 Å². The maximum Gasteiger partial charge on any atom is 0.270 e. The quantitative estimate of drug-likeness (QED) is 0.313. The SMILES string of the molecule is C=CCOc1ccc(C=NNc2nc(-c3ccccc3)c(C#N)c(=O)[nH]2)cc1OCC. The van der Waals surface area contributed by atoms with Crippen LogP contribution >= 0.6 is 0 Å². The first-order valence-electron chi connectivity index (χ1n) is 9.55. The lowest BCUT2D eigenvalue weighted by Crippen LogP contribution is -2.16. The summed E-state index contributed by atoms with van der Waals surface area (Å²) in [5.41, 5.74) is 3.80. The molecule has 0 aliphatic rings. The van der Waals surface area contributed by atoms with Gasteiger partial charge in [0, 0.05) is 5.56 Å². The second-order valence-electron chi connectivity index (χ2n) is 6.22. The minimum absolute atomic E-state index is 0.0581. The molecule has 3 rings (SSSR count). The number of aromatic amines is 1. The summed E-state index contributed by atoms with van der Waals surface area (Å²) in [6.45, 7) is 6.38. The Labute approximate surface area is 179 Å². The van der Waals surface area contributed by atoms with Crippen molar-refractivity contribution in [1.29, 1.82) is 5.26 Å². The Hall–Kier alpha value is -4.38. The molecule has 0 aliphatic carbocycles. The van der Waals surface area contributed by atoms with Crippen LogP contribution in [-0.2, 0) is 0 Å². The molecule has 0 bridgehead atoms. The fourth-order valence-electron chi connectivity index (χ4n) is 2.74. The number of benzene rings is 2. The third-order valence-corrected chi connectivity index (χ3v) is 4.09. The molecule has 1 heterocycles. The van der Waals surface area contributed by atoms with Gasteiger partial charge in [-0.25, -0.2) is 10.4 Å². The maximum atomic E-state index is 12.3. The number of hydrazone groups is 1. The number of rotatable bonds is 9. The summed E-state index contributed by atoms with van der Waals surface area (Å²) < 4.78 is 11.2. The van der Waals surface area contributed by atoms with Crippen LogP contribution in [0.25, 0.3) is 11.3 Å². The van der Waals surface area contributed by atoms with Gasteiger partial charge in [0.2, 0.25) is 5.95 Å². The first kappa shape index (κ1) is 21.3. The van der Waals surface area contributed by atoms with Crippen molar-refractivity contribution in [3.8, 4) is 28.8 Å². The van der Waals surface area contributed by atoms with E-state index < -0.39 is 5.56 Å². The van der Waals surface area contributed by atoms with Crippen molar-refractivity contribution in [2.45, 2.75) is 6.92 Å². The maximum absolute atomic E-state index is 12.3. The molecule has 0 atom stereocenters. The van der Waals surface area contributed by atoms with E-state index in [0.29, 0.717) is 30.3 Å². The number of aromatic nitrogens is 2. The van der Waals surface area contributed by atoms with E-state index >= 15 is 0 Å². The molecule has 2 aromatic carbocycles. The van der Waals surface area contributed by atoms with Gasteiger partial charge in [0.25, 0.3) is 5.56 Å². The third kappa shape index (κ3) is 5.36. The van der Waals surface area contributed by atoms with Gasteiger partial charge in [-0.05, 0) is 30.7 Å². The first-order valence-corrected chi connectivity index (χ1v) is 9.55. The van der Waals surface area contributed by atoms with Crippen LogP contribution in [0.15, 0.2) is 71.1 Å². The Kier molecular flexibility index (Phi) is 7.16. The number of H-pyrrole nitrogens is 1. The van der Waals surface area contributed by atoms with Gasteiger partial charge < -0.3 is 9.47 Å². The van der Waals surface area contributed by atoms with E-state index in [1.165, 1.54) is 0 Å². The minimum atomic E-state index is -0.545. The van der Waals surface area contributed by atoms with Crippen LogP contribution in [0.1, 0.15) is 18.1 Å². The van der Waals surface area contributed by atoms with E-state index in [-0.39, 0.29) is 17.2 Å². The zero-order chi connectivity index (χ0) is 22.1. The lowest BCUT2D eigenvalue weighted by Gasteiger charge is -2.11. The van der Waals surface area contributed by atoms with Gasteiger partial charge in [0.15, 0.2) is 11.5 Å². The van der Waals surface area contributed by atoms with E-state index in [4.69, 9.17) is 9.47 Å². The summed E-state index contributed by atoms with van der Waals surface area (Å²) in [5, 5.41) is 13.5. The predicted octanol–water partition coefficient (Wildman–Crippen LogP) is 3.72. The number of nitriles is 1. The summed E-state index contributed by atoms with van der Waals surface area (Å²) in [5.74, 6) is 1.32. The smallest absolute Gasteiger partial charge is 0.270 e. The van der Waals surface area contributed by atoms with Crippen LogP contribution in [0.4, 0.5) is 5.95 Å². The molecule has 8 heteroatoms. The molecule has 0 radical (unpaired) electrons. The summed E-state index contributed by atoms with van der Waals surface area (Å²) in [6, 6.07) is 16.3. The van der Waals surface area contributed by atoms with Crippen LogP contribution < -0.4 is 20.5 Å². The van der Waals surface area contributed by atoms with Gasteiger partial charge in [0.1, 0.15) is 18.2 Å². The van der Waals surface area contributed by atoms with Gasteiger partial charge in [-0.3, -0.25) is 9.78 Å². The highest BCUT2D eigenvalue weighted by atomic mass is 16.5. The molecule has 0 saturated heterocycles. The average Bonchev–Trinajstić information content (AvgIpc) is 2.79. The summed E-state index contributed by atoms with van der Waals surface area (Å²) in [4.78, 5) is 19.2. The lowest BCUT2D eigenvalue weighted by molar-refractivity contribution is 0.297. The normalized spacial score (nSPS) is 10.5. The number of nitrogens with zero attached hydrogens (tertiary/aromatic N) is 3. The van der Waals surface area contributed by atoms with E-state index in [0.717, 1.165) is 5.56 Å². The number of anilines is 1. The average molecular weight is 415 g/mol. The molecule has 31 heavy (non-hydrogen) atoms. The fraction of sp³-hybridized carbons (Fsp3) is 0.130. The molecule has 3 aromatic rings. The number of ether oxygens (including phenoxy) is 2. The molecule has 8 nitrogen and oxygen atoms in total. The van der Waals surface area contributed by atoms with Crippen LogP contribution in [-0.4, -0.2) is 29.4 Å². The zero-order valence-electron chi connectivity index (χ0n) is 17.0. The lowest BCUT2D eigenvalue weighted by atomic mass is 10.1. The van der Waals surface area contributed by atoms with Crippen LogP contribution in [0.5, 0.6) is 11.5 Å². The number of hydrogen-bond acceptors (Lipinski definition) is 7. The van der Waals surface area contributed by atoms with Gasteiger partial charge in [-0.15, -0.1) is 0 Å². The molecule has 2 N–H and O–H groups in total. The summed E-state index contributed by atoms with van der Waals surface area (Å²) in [7, 11) is 0. The molecule has 0 amide bonds. The highest BCUT2D eigenvalue weighted by Gasteiger charge is 2.13. The third-order valence-electron chi connectivity index (χ3n) is 4.09. The van der Waals surface area contributed by atoms with Crippen molar-refractivity contribution in [2.75, 3.05) is 18.6 Å². The highest BCUT2D eigenvalue weighted by Crippen LogP contribution is 2.28. The van der Waals surface area contributed by atoms with Crippen molar-refractivity contribution in [3.05, 3.63) is 82.7 Å². The topological polar surface area (TPSA) is 112 Å². The highest BCUT2D eigenvalue weighted by molar-refractivity contribution is 5.81. The van der Waals surface area contributed by atoms with Crippen LogP contribution in [0.3, 0.4) is 0 Å². The second-order valence-corrected chi connectivity index (χ2v) is 6.22. The molecule has 0 saturated carbocycles. The van der Waals surface area contributed by atoms with E-state index in [9.17, 15) is 10.1 Å². The zero-order valence-corrected chi connectivity index (χ0v) is 17.0. The van der Waals surface area contributed by atoms with E-state index in [1.807, 2.05) is 37.3 Å². The molecular weight excluding hydrogens is 394 g/mol. The Morgan fingerprint density at radius 2 is 2.03 bits per heavy atom. The monoisotopic (exact) mass is 415 g/mol. The molecule has 1 aromatic heterocycles. The van der Waals surface area contributed by atoms with Crippen molar-refractivity contribution in [1.82, 2.24) is 9.97 Å². The fourth-order valence-corrected chi connectivity index (χ4v) is 2.74. The largest absolute Gasteiger partial charge is 0.490 e. The first-order chi connectivity index (χ1) is 15.2.